The molecule has 20 heavy (non-hydrogen) atoms. The Morgan fingerprint density at radius 2 is 1.85 bits per heavy atom. The first kappa shape index (κ1) is 15.5. The highest BCUT2D eigenvalue weighted by Crippen LogP contribution is 2.34. The summed E-state index contributed by atoms with van der Waals surface area (Å²) in [6, 6.07) is 7.70. The van der Waals surface area contributed by atoms with Gasteiger partial charge in [-0.1, -0.05) is 45.4 Å². The molecule has 0 heterocycles. The van der Waals surface area contributed by atoms with Gasteiger partial charge in [0.1, 0.15) is 5.82 Å². The fourth-order valence-corrected chi connectivity index (χ4v) is 3.63. The number of hydrogen-bond donors (Lipinski definition) is 1. The van der Waals surface area contributed by atoms with Crippen molar-refractivity contribution in [2.24, 2.45) is 17.8 Å². The minimum absolute atomic E-state index is 0.0766. The van der Waals surface area contributed by atoms with Crippen LogP contribution in [0.15, 0.2) is 24.3 Å². The highest BCUT2D eigenvalue weighted by molar-refractivity contribution is 5.20. The molecule has 4 atom stereocenters. The lowest BCUT2D eigenvalue weighted by Gasteiger charge is -2.39. The second-order valence-electron chi connectivity index (χ2n) is 6.84. The first-order chi connectivity index (χ1) is 9.49. The van der Waals surface area contributed by atoms with Gasteiger partial charge in [-0.25, -0.2) is 4.39 Å². The van der Waals surface area contributed by atoms with Crippen molar-refractivity contribution >= 4 is 0 Å². The maximum absolute atomic E-state index is 13.9. The van der Waals surface area contributed by atoms with E-state index in [-0.39, 0.29) is 11.9 Å². The van der Waals surface area contributed by atoms with Crippen LogP contribution in [0, 0.1) is 23.6 Å². The fourth-order valence-electron chi connectivity index (χ4n) is 3.63. The molecule has 0 spiro atoms. The molecular formula is C18H28FN. The Morgan fingerprint density at radius 3 is 2.50 bits per heavy atom. The fraction of sp³-hybridized carbons (Fsp3) is 0.667. The highest BCUT2D eigenvalue weighted by Gasteiger charge is 2.31. The third kappa shape index (κ3) is 3.60. The number of benzene rings is 1. The Balaban J connectivity index is 2.08. The summed E-state index contributed by atoms with van der Waals surface area (Å²) in [7, 11) is 0. The molecule has 112 valence electrons. The van der Waals surface area contributed by atoms with Crippen molar-refractivity contribution in [2.75, 3.05) is 0 Å². The molecule has 1 N–H and O–H groups in total. The van der Waals surface area contributed by atoms with E-state index in [9.17, 15) is 4.39 Å². The number of rotatable bonds is 4. The van der Waals surface area contributed by atoms with Gasteiger partial charge in [-0.2, -0.15) is 0 Å². The molecule has 0 saturated heterocycles. The van der Waals surface area contributed by atoms with Gasteiger partial charge in [0, 0.05) is 17.6 Å². The number of hydrogen-bond acceptors (Lipinski definition) is 1. The molecule has 0 aromatic heterocycles. The molecule has 1 aromatic rings. The average molecular weight is 277 g/mol. The van der Waals surface area contributed by atoms with Gasteiger partial charge in [0.25, 0.3) is 0 Å². The molecule has 2 heteroatoms. The maximum Gasteiger partial charge on any atom is 0.127 e. The molecule has 0 radical (unpaired) electrons. The molecule has 1 aliphatic carbocycles. The quantitative estimate of drug-likeness (QED) is 0.822. The van der Waals surface area contributed by atoms with Gasteiger partial charge in [-0.05, 0) is 43.6 Å². The molecule has 1 fully saturated rings. The summed E-state index contributed by atoms with van der Waals surface area (Å²) in [5.74, 6) is 2.07. The van der Waals surface area contributed by atoms with E-state index in [0.717, 1.165) is 11.5 Å². The van der Waals surface area contributed by atoms with Gasteiger partial charge < -0.3 is 5.32 Å². The Bertz CT molecular complexity index is 429. The van der Waals surface area contributed by atoms with E-state index < -0.39 is 0 Å². The Hall–Kier alpha value is -0.890. The van der Waals surface area contributed by atoms with E-state index in [4.69, 9.17) is 0 Å². The lowest BCUT2D eigenvalue weighted by Crippen LogP contribution is -2.44. The topological polar surface area (TPSA) is 12.0 Å². The number of halogens is 1. The average Bonchev–Trinajstić information content (AvgIpc) is 2.38. The van der Waals surface area contributed by atoms with Crippen LogP contribution in [-0.2, 0) is 0 Å². The van der Waals surface area contributed by atoms with E-state index in [1.54, 1.807) is 12.1 Å². The normalized spacial score (nSPS) is 28.6. The van der Waals surface area contributed by atoms with Crippen LogP contribution in [-0.4, -0.2) is 6.04 Å². The molecule has 1 nitrogen and oxygen atoms in total. The van der Waals surface area contributed by atoms with Gasteiger partial charge in [0.15, 0.2) is 0 Å². The third-order valence-electron chi connectivity index (χ3n) is 4.86. The van der Waals surface area contributed by atoms with Crippen molar-refractivity contribution in [3.63, 3.8) is 0 Å². The summed E-state index contributed by atoms with van der Waals surface area (Å²) in [5.41, 5.74) is 0.785. The SMILES string of the molecule is CC1CCC(C(C)C)C(NC(C)c2ccccc2F)C1. The van der Waals surface area contributed by atoms with Crippen LogP contribution >= 0.6 is 0 Å². The first-order valence-electron chi connectivity index (χ1n) is 7.99. The minimum atomic E-state index is -0.0996. The Kier molecular flexibility index (Phi) is 5.20. The largest absolute Gasteiger partial charge is 0.307 e. The molecule has 0 amide bonds. The predicted octanol–water partition coefficient (Wildman–Crippen LogP) is 4.94. The standard InChI is InChI=1S/C18H28FN/c1-12(2)15-10-9-13(3)11-18(15)20-14(4)16-7-5-6-8-17(16)19/h5-8,12-15,18,20H,9-11H2,1-4H3. The molecule has 4 unspecified atom stereocenters. The van der Waals surface area contributed by atoms with Gasteiger partial charge in [-0.3, -0.25) is 0 Å². The summed E-state index contributed by atoms with van der Waals surface area (Å²) in [5, 5.41) is 3.70. The van der Waals surface area contributed by atoms with Crippen molar-refractivity contribution in [2.45, 2.75) is 59.0 Å². The second kappa shape index (κ2) is 6.71. The summed E-state index contributed by atoms with van der Waals surface area (Å²) >= 11 is 0. The molecule has 1 aliphatic rings. The molecule has 0 aliphatic heterocycles. The van der Waals surface area contributed by atoms with Crippen LogP contribution in [0.2, 0.25) is 0 Å². The van der Waals surface area contributed by atoms with Crippen molar-refractivity contribution in [3.8, 4) is 0 Å². The summed E-state index contributed by atoms with van der Waals surface area (Å²) in [6.45, 7) is 9.03. The van der Waals surface area contributed by atoms with E-state index in [1.807, 2.05) is 12.1 Å². The van der Waals surface area contributed by atoms with Crippen molar-refractivity contribution in [1.82, 2.24) is 5.32 Å². The lowest BCUT2D eigenvalue weighted by atomic mass is 9.73. The summed E-state index contributed by atoms with van der Waals surface area (Å²) in [4.78, 5) is 0. The Labute approximate surface area is 123 Å². The zero-order valence-corrected chi connectivity index (χ0v) is 13.2. The van der Waals surface area contributed by atoms with Crippen LogP contribution in [0.25, 0.3) is 0 Å². The summed E-state index contributed by atoms with van der Waals surface area (Å²) < 4.78 is 13.9. The molecular weight excluding hydrogens is 249 g/mol. The van der Waals surface area contributed by atoms with Gasteiger partial charge >= 0.3 is 0 Å². The first-order valence-corrected chi connectivity index (χ1v) is 7.99. The van der Waals surface area contributed by atoms with Crippen LogP contribution in [0.3, 0.4) is 0 Å². The molecule has 0 bridgehead atoms. The van der Waals surface area contributed by atoms with Crippen molar-refractivity contribution in [1.29, 1.82) is 0 Å². The van der Waals surface area contributed by atoms with Crippen LogP contribution in [0.5, 0.6) is 0 Å². The zero-order valence-electron chi connectivity index (χ0n) is 13.2. The monoisotopic (exact) mass is 277 g/mol. The van der Waals surface area contributed by atoms with Gasteiger partial charge in [0.05, 0.1) is 0 Å². The van der Waals surface area contributed by atoms with Crippen molar-refractivity contribution in [3.05, 3.63) is 35.6 Å². The van der Waals surface area contributed by atoms with E-state index in [2.05, 4.69) is 33.0 Å². The lowest BCUT2D eigenvalue weighted by molar-refractivity contribution is 0.160. The zero-order chi connectivity index (χ0) is 14.7. The van der Waals surface area contributed by atoms with E-state index in [0.29, 0.717) is 17.9 Å². The van der Waals surface area contributed by atoms with Crippen LogP contribution in [0.4, 0.5) is 4.39 Å². The van der Waals surface area contributed by atoms with E-state index >= 15 is 0 Å². The minimum Gasteiger partial charge on any atom is -0.307 e. The second-order valence-corrected chi connectivity index (χ2v) is 6.84. The molecule has 1 aromatic carbocycles. The van der Waals surface area contributed by atoms with Gasteiger partial charge in [0.2, 0.25) is 0 Å². The van der Waals surface area contributed by atoms with Crippen LogP contribution in [0.1, 0.15) is 58.6 Å². The molecule has 2 rings (SSSR count). The number of nitrogens with one attached hydrogen (secondary N) is 1. The van der Waals surface area contributed by atoms with E-state index in [1.165, 1.54) is 19.3 Å². The van der Waals surface area contributed by atoms with Crippen LogP contribution < -0.4 is 5.32 Å². The van der Waals surface area contributed by atoms with Gasteiger partial charge in [-0.15, -0.1) is 0 Å². The maximum atomic E-state index is 13.9. The smallest absolute Gasteiger partial charge is 0.127 e. The highest BCUT2D eigenvalue weighted by atomic mass is 19.1. The molecule has 1 saturated carbocycles. The summed E-state index contributed by atoms with van der Waals surface area (Å²) in [6.07, 6.45) is 3.83. The Morgan fingerprint density at radius 1 is 1.15 bits per heavy atom. The third-order valence-corrected chi connectivity index (χ3v) is 4.86. The predicted molar refractivity (Wildman–Crippen MR) is 83.1 cm³/mol. The van der Waals surface area contributed by atoms with Crippen molar-refractivity contribution < 1.29 is 4.39 Å².